The molecule has 0 bridgehead atoms. The Morgan fingerprint density at radius 1 is 0.974 bits per heavy atom. The highest BCUT2D eigenvalue weighted by Gasteiger charge is 2.17. The van der Waals surface area contributed by atoms with Crippen molar-refractivity contribution in [1.82, 2.24) is 10.2 Å². The third-order valence-corrected chi connectivity index (χ3v) is 5.91. The zero-order valence-corrected chi connectivity index (χ0v) is 22.7. The summed E-state index contributed by atoms with van der Waals surface area (Å²) in [6, 6.07) is 25.6. The van der Waals surface area contributed by atoms with Gasteiger partial charge in [-0.3, -0.25) is 4.90 Å². The van der Waals surface area contributed by atoms with E-state index in [4.69, 9.17) is 15.2 Å². The lowest BCUT2D eigenvalue weighted by Gasteiger charge is -2.26. The Hall–Kier alpha value is -3.55. The number of carbonyl (C=O) groups is 1. The fourth-order valence-corrected chi connectivity index (χ4v) is 4.03. The summed E-state index contributed by atoms with van der Waals surface area (Å²) < 4.78 is 11.2. The second-order valence-electron chi connectivity index (χ2n) is 10.4. The number of ether oxygens (including phenoxy) is 2. The second-order valence-corrected chi connectivity index (χ2v) is 10.4. The minimum atomic E-state index is -0.705. The fraction of sp³-hybridized carbons (Fsp3) is 0.387. The van der Waals surface area contributed by atoms with Crippen LogP contribution in [0.2, 0.25) is 0 Å². The predicted octanol–water partition coefficient (Wildman–Crippen LogP) is 5.69. The Morgan fingerprint density at radius 2 is 1.63 bits per heavy atom. The fourth-order valence-electron chi connectivity index (χ4n) is 4.03. The number of alkyl carbamates (subject to hydrolysis) is 1. The molecule has 38 heavy (non-hydrogen) atoms. The van der Waals surface area contributed by atoms with Crippen molar-refractivity contribution in [2.75, 3.05) is 25.4 Å². The van der Waals surface area contributed by atoms with Gasteiger partial charge in [0.25, 0.3) is 0 Å². The molecule has 0 radical (unpaired) electrons. The van der Waals surface area contributed by atoms with Crippen LogP contribution in [-0.2, 0) is 17.9 Å². The number of hydrogen-bond acceptors (Lipinski definition) is 6. The van der Waals surface area contributed by atoms with E-state index in [0.717, 1.165) is 30.5 Å². The van der Waals surface area contributed by atoms with Gasteiger partial charge < -0.3 is 25.6 Å². The molecular weight excluding hydrogens is 478 g/mol. The molecule has 0 aliphatic rings. The van der Waals surface area contributed by atoms with Gasteiger partial charge in [-0.25, -0.2) is 4.79 Å². The van der Waals surface area contributed by atoms with Crippen LogP contribution in [0.25, 0.3) is 0 Å². The number of hydrogen-bond donors (Lipinski definition) is 3. The summed E-state index contributed by atoms with van der Waals surface area (Å²) in [5, 5.41) is 13.9. The van der Waals surface area contributed by atoms with Crippen molar-refractivity contribution in [2.24, 2.45) is 0 Å². The van der Waals surface area contributed by atoms with Crippen molar-refractivity contribution in [2.45, 2.75) is 58.5 Å². The monoisotopic (exact) mass is 519 g/mol. The highest BCUT2D eigenvalue weighted by Crippen LogP contribution is 2.27. The first-order chi connectivity index (χ1) is 18.2. The smallest absolute Gasteiger partial charge is 0.407 e. The van der Waals surface area contributed by atoms with Gasteiger partial charge in [-0.1, -0.05) is 66.7 Å². The summed E-state index contributed by atoms with van der Waals surface area (Å²) in [6.07, 6.45) is 0.567. The zero-order chi connectivity index (χ0) is 27.4. The van der Waals surface area contributed by atoms with Crippen molar-refractivity contribution in [3.63, 3.8) is 0 Å². The molecule has 0 spiro atoms. The van der Waals surface area contributed by atoms with Crippen LogP contribution in [0, 0.1) is 0 Å². The van der Waals surface area contributed by atoms with Gasteiger partial charge >= 0.3 is 6.09 Å². The molecule has 0 saturated carbocycles. The van der Waals surface area contributed by atoms with Crippen molar-refractivity contribution >= 4 is 11.8 Å². The lowest BCUT2D eigenvalue weighted by atomic mass is 10.1. The molecule has 3 aromatic rings. The molecule has 1 amide bonds. The number of anilines is 1. The number of nitrogen functional groups attached to an aromatic ring is 1. The topological polar surface area (TPSA) is 97.0 Å². The normalized spacial score (nSPS) is 12.2. The maximum atomic E-state index is 11.9. The van der Waals surface area contributed by atoms with Crippen LogP contribution in [0.1, 0.15) is 56.4 Å². The van der Waals surface area contributed by atoms with E-state index in [1.807, 2.05) is 81.4 Å². The van der Waals surface area contributed by atoms with Gasteiger partial charge in [0.05, 0.1) is 11.8 Å². The molecule has 1 unspecified atom stereocenters. The summed E-state index contributed by atoms with van der Waals surface area (Å²) in [5.74, 6) is 0.600. The number of unbranched alkanes of at least 4 members (excludes halogenated alkanes) is 1. The SMILES string of the molecule is CC(C)(C)OC(=O)NCCCCN(Cc1ccccc1)CC(O)c1ccc(OCc2ccccc2)c(N)c1. The van der Waals surface area contributed by atoms with Gasteiger partial charge in [0.15, 0.2) is 0 Å². The average molecular weight is 520 g/mol. The zero-order valence-electron chi connectivity index (χ0n) is 22.7. The van der Waals surface area contributed by atoms with Gasteiger partial charge in [0.1, 0.15) is 18.0 Å². The molecule has 0 aromatic heterocycles. The molecule has 7 heteroatoms. The largest absolute Gasteiger partial charge is 0.487 e. The van der Waals surface area contributed by atoms with Crippen LogP contribution in [0.4, 0.5) is 10.5 Å². The number of nitrogens with two attached hydrogens (primary N) is 1. The van der Waals surface area contributed by atoms with E-state index in [9.17, 15) is 9.90 Å². The van der Waals surface area contributed by atoms with E-state index in [1.165, 1.54) is 5.56 Å². The Labute approximate surface area is 226 Å². The van der Waals surface area contributed by atoms with Crippen LogP contribution in [0.3, 0.4) is 0 Å². The number of benzene rings is 3. The van der Waals surface area contributed by atoms with E-state index in [1.54, 1.807) is 6.07 Å². The standard InChI is InChI=1S/C31H41N3O4/c1-31(2,3)38-30(36)33-18-10-11-19-34(21-24-12-6-4-7-13-24)22-28(35)26-16-17-29(27(32)20-26)37-23-25-14-8-5-9-15-25/h4-9,12-17,20,28,35H,10-11,18-19,21-23,32H2,1-3H3,(H,33,36). The Balaban J connectivity index is 1.54. The van der Waals surface area contributed by atoms with Crippen molar-refractivity contribution in [1.29, 1.82) is 0 Å². The van der Waals surface area contributed by atoms with Gasteiger partial charge in [-0.2, -0.15) is 0 Å². The van der Waals surface area contributed by atoms with Crippen LogP contribution in [0.15, 0.2) is 78.9 Å². The summed E-state index contributed by atoms with van der Waals surface area (Å²) in [7, 11) is 0. The number of amides is 1. The van der Waals surface area contributed by atoms with Crippen LogP contribution in [-0.4, -0.2) is 41.3 Å². The molecule has 0 aliphatic carbocycles. The predicted molar refractivity (Wildman–Crippen MR) is 152 cm³/mol. The lowest BCUT2D eigenvalue weighted by Crippen LogP contribution is -2.33. The maximum Gasteiger partial charge on any atom is 0.407 e. The minimum absolute atomic E-state index is 0.400. The minimum Gasteiger partial charge on any atom is -0.487 e. The van der Waals surface area contributed by atoms with Crippen molar-refractivity contribution < 1.29 is 19.4 Å². The first-order valence-corrected chi connectivity index (χ1v) is 13.2. The number of nitrogens with one attached hydrogen (secondary N) is 1. The summed E-state index contributed by atoms with van der Waals surface area (Å²) in [4.78, 5) is 14.1. The van der Waals surface area contributed by atoms with Gasteiger partial charge in [-0.15, -0.1) is 0 Å². The average Bonchev–Trinajstić information content (AvgIpc) is 2.87. The summed E-state index contributed by atoms with van der Waals surface area (Å²) in [5.41, 5.74) is 9.24. The van der Waals surface area contributed by atoms with Gasteiger partial charge in [0.2, 0.25) is 0 Å². The molecule has 3 rings (SSSR count). The molecule has 1 atom stereocenters. The Bertz CT molecular complexity index is 1120. The van der Waals surface area contributed by atoms with Crippen LogP contribution in [0.5, 0.6) is 5.75 Å². The van der Waals surface area contributed by atoms with Crippen molar-refractivity contribution in [3.8, 4) is 5.75 Å². The number of nitrogens with zero attached hydrogens (tertiary/aromatic N) is 1. The van der Waals surface area contributed by atoms with Crippen LogP contribution >= 0.6 is 0 Å². The molecule has 0 fully saturated rings. The molecule has 0 saturated heterocycles. The third-order valence-electron chi connectivity index (χ3n) is 5.91. The van der Waals surface area contributed by atoms with Crippen molar-refractivity contribution in [3.05, 3.63) is 95.6 Å². The molecule has 3 aromatic carbocycles. The van der Waals surface area contributed by atoms with Gasteiger partial charge in [0, 0.05) is 19.6 Å². The maximum absolute atomic E-state index is 11.9. The van der Waals surface area contributed by atoms with Gasteiger partial charge in [-0.05, 0) is 69.0 Å². The second kappa shape index (κ2) is 14.4. The molecule has 204 valence electrons. The summed E-state index contributed by atoms with van der Waals surface area (Å²) in [6.45, 7) is 8.45. The first-order valence-electron chi connectivity index (χ1n) is 13.2. The van der Waals surface area contributed by atoms with E-state index >= 15 is 0 Å². The van der Waals surface area contributed by atoms with E-state index < -0.39 is 17.8 Å². The number of rotatable bonds is 13. The molecule has 0 heterocycles. The van der Waals surface area contributed by atoms with E-state index in [-0.39, 0.29) is 0 Å². The highest BCUT2D eigenvalue weighted by molar-refractivity contribution is 5.67. The number of carbonyl (C=O) groups excluding carboxylic acids is 1. The molecule has 7 nitrogen and oxygen atoms in total. The van der Waals surface area contributed by atoms with Crippen LogP contribution < -0.4 is 15.8 Å². The highest BCUT2D eigenvalue weighted by atomic mass is 16.6. The molecule has 4 N–H and O–H groups in total. The lowest BCUT2D eigenvalue weighted by molar-refractivity contribution is 0.0526. The summed E-state index contributed by atoms with van der Waals surface area (Å²) >= 11 is 0. The first kappa shape index (κ1) is 29.0. The molecular formula is C31H41N3O4. The number of aliphatic hydroxyl groups excluding tert-OH is 1. The van der Waals surface area contributed by atoms with E-state index in [2.05, 4.69) is 22.3 Å². The third kappa shape index (κ3) is 10.4. The van der Waals surface area contributed by atoms with E-state index in [0.29, 0.717) is 37.7 Å². The Morgan fingerprint density at radius 3 is 2.26 bits per heavy atom. The molecule has 0 aliphatic heterocycles. The quantitative estimate of drug-likeness (QED) is 0.198. The Kier molecular flexibility index (Phi) is 11.0. The number of aliphatic hydroxyl groups is 1.